The number of ether oxygens (including phenoxy) is 1. The van der Waals surface area contributed by atoms with Crippen LogP contribution in [0.3, 0.4) is 0 Å². The molecule has 106 valence electrons. The molecule has 0 saturated carbocycles. The second kappa shape index (κ2) is 7.66. The summed E-state index contributed by atoms with van der Waals surface area (Å²) in [6.07, 6.45) is 5.11. The first-order valence-electron chi connectivity index (χ1n) is 7.74. The van der Waals surface area contributed by atoms with E-state index in [0.29, 0.717) is 12.0 Å². The van der Waals surface area contributed by atoms with Crippen LogP contribution in [0.2, 0.25) is 0 Å². The minimum absolute atomic E-state index is 0.487. The number of hydrogen-bond acceptors (Lipinski definition) is 2. The fourth-order valence-corrected chi connectivity index (χ4v) is 3.20. The van der Waals surface area contributed by atoms with Crippen molar-refractivity contribution in [2.24, 2.45) is 0 Å². The molecule has 2 rings (SSSR count). The van der Waals surface area contributed by atoms with Crippen LogP contribution >= 0.6 is 0 Å². The Kier molecular flexibility index (Phi) is 5.87. The van der Waals surface area contributed by atoms with Crippen molar-refractivity contribution in [2.75, 3.05) is 19.8 Å². The molecule has 0 heterocycles. The lowest BCUT2D eigenvalue weighted by Gasteiger charge is -2.29. The zero-order valence-electron chi connectivity index (χ0n) is 12.3. The standard InChI is InChI=1S/C17H27NO/c1-3-18-16(13-19-4-2)12-15-10-7-9-14-8-5-6-11-17(14)15/h5-6,8,11,15-16,18H,3-4,7,9-10,12-13H2,1-2H3. The number of nitrogens with one attached hydrogen (secondary N) is 1. The van der Waals surface area contributed by atoms with E-state index in [9.17, 15) is 0 Å². The molecule has 19 heavy (non-hydrogen) atoms. The van der Waals surface area contributed by atoms with Gasteiger partial charge in [0.15, 0.2) is 0 Å². The molecule has 0 aliphatic heterocycles. The number of rotatable bonds is 7. The Morgan fingerprint density at radius 2 is 2.16 bits per heavy atom. The first-order chi connectivity index (χ1) is 9.35. The SMILES string of the molecule is CCNC(COCC)CC1CCCc2ccccc21. The number of hydrogen-bond donors (Lipinski definition) is 1. The van der Waals surface area contributed by atoms with Gasteiger partial charge in [0.1, 0.15) is 0 Å². The van der Waals surface area contributed by atoms with Crippen LogP contribution in [-0.4, -0.2) is 25.8 Å². The molecule has 1 aliphatic rings. The summed E-state index contributed by atoms with van der Waals surface area (Å²) in [7, 11) is 0. The highest BCUT2D eigenvalue weighted by molar-refractivity contribution is 5.32. The summed E-state index contributed by atoms with van der Waals surface area (Å²) < 4.78 is 5.62. The Bertz CT molecular complexity index is 377. The van der Waals surface area contributed by atoms with Crippen molar-refractivity contribution in [1.82, 2.24) is 5.32 Å². The predicted molar refractivity (Wildman–Crippen MR) is 80.7 cm³/mol. The fraction of sp³-hybridized carbons (Fsp3) is 0.647. The molecular weight excluding hydrogens is 234 g/mol. The van der Waals surface area contributed by atoms with Gasteiger partial charge < -0.3 is 10.1 Å². The maximum Gasteiger partial charge on any atom is 0.0619 e. The predicted octanol–water partition coefficient (Wildman–Crippen LogP) is 3.51. The molecule has 1 aromatic rings. The van der Waals surface area contributed by atoms with E-state index in [1.165, 1.54) is 25.7 Å². The molecule has 1 aromatic carbocycles. The Labute approximate surface area is 117 Å². The minimum Gasteiger partial charge on any atom is -0.380 e. The van der Waals surface area contributed by atoms with Crippen molar-refractivity contribution < 1.29 is 4.74 Å². The number of benzene rings is 1. The summed E-state index contributed by atoms with van der Waals surface area (Å²) in [6.45, 7) is 6.91. The number of likely N-dealkylation sites (N-methyl/N-ethyl adjacent to an activating group) is 1. The largest absolute Gasteiger partial charge is 0.380 e. The maximum atomic E-state index is 5.62. The van der Waals surface area contributed by atoms with Crippen LogP contribution in [0.4, 0.5) is 0 Å². The first-order valence-corrected chi connectivity index (χ1v) is 7.74. The Morgan fingerprint density at radius 3 is 2.95 bits per heavy atom. The smallest absolute Gasteiger partial charge is 0.0619 e. The Balaban J connectivity index is 2.01. The molecule has 2 heteroatoms. The van der Waals surface area contributed by atoms with Crippen molar-refractivity contribution in [2.45, 2.75) is 51.5 Å². The summed E-state index contributed by atoms with van der Waals surface area (Å²) in [5.74, 6) is 0.703. The summed E-state index contributed by atoms with van der Waals surface area (Å²) >= 11 is 0. The average Bonchev–Trinajstić information content (AvgIpc) is 2.45. The lowest BCUT2D eigenvalue weighted by molar-refractivity contribution is 0.117. The van der Waals surface area contributed by atoms with Crippen LogP contribution in [0.5, 0.6) is 0 Å². The molecule has 0 radical (unpaired) electrons. The molecule has 2 nitrogen and oxygen atoms in total. The Hall–Kier alpha value is -0.860. The molecule has 0 spiro atoms. The van der Waals surface area contributed by atoms with E-state index >= 15 is 0 Å². The summed E-state index contributed by atoms with van der Waals surface area (Å²) in [5.41, 5.74) is 3.14. The summed E-state index contributed by atoms with van der Waals surface area (Å²) in [5, 5.41) is 3.57. The van der Waals surface area contributed by atoms with Gasteiger partial charge in [0, 0.05) is 12.6 Å². The highest BCUT2D eigenvalue weighted by Gasteiger charge is 2.22. The number of fused-ring (bicyclic) bond motifs is 1. The molecule has 0 fully saturated rings. The average molecular weight is 261 g/mol. The van der Waals surface area contributed by atoms with Crippen LogP contribution < -0.4 is 5.32 Å². The van der Waals surface area contributed by atoms with Crippen molar-refractivity contribution in [1.29, 1.82) is 0 Å². The van der Waals surface area contributed by atoms with Gasteiger partial charge in [-0.05, 0) is 56.2 Å². The third kappa shape index (κ3) is 4.05. The molecule has 1 aliphatic carbocycles. The highest BCUT2D eigenvalue weighted by Crippen LogP contribution is 2.34. The Morgan fingerprint density at radius 1 is 1.32 bits per heavy atom. The van der Waals surface area contributed by atoms with E-state index in [2.05, 4.69) is 43.4 Å². The van der Waals surface area contributed by atoms with E-state index in [0.717, 1.165) is 19.8 Å². The third-order valence-corrected chi connectivity index (χ3v) is 4.08. The van der Waals surface area contributed by atoms with Crippen LogP contribution in [-0.2, 0) is 11.2 Å². The lowest BCUT2D eigenvalue weighted by atomic mass is 9.79. The van der Waals surface area contributed by atoms with Crippen LogP contribution in [0.15, 0.2) is 24.3 Å². The molecular formula is C17H27NO. The van der Waals surface area contributed by atoms with E-state index in [1.807, 2.05) is 0 Å². The van der Waals surface area contributed by atoms with E-state index in [1.54, 1.807) is 11.1 Å². The van der Waals surface area contributed by atoms with E-state index in [4.69, 9.17) is 4.74 Å². The van der Waals surface area contributed by atoms with E-state index in [-0.39, 0.29) is 0 Å². The normalized spacial score (nSPS) is 20.0. The van der Waals surface area contributed by atoms with Crippen LogP contribution in [0.25, 0.3) is 0 Å². The van der Waals surface area contributed by atoms with Gasteiger partial charge in [-0.3, -0.25) is 0 Å². The van der Waals surface area contributed by atoms with Gasteiger partial charge in [0.25, 0.3) is 0 Å². The fourth-order valence-electron chi connectivity index (χ4n) is 3.20. The molecule has 0 aromatic heterocycles. The molecule has 2 atom stereocenters. The van der Waals surface area contributed by atoms with Gasteiger partial charge in [-0.25, -0.2) is 0 Å². The van der Waals surface area contributed by atoms with Crippen LogP contribution in [0, 0.1) is 0 Å². The van der Waals surface area contributed by atoms with Gasteiger partial charge >= 0.3 is 0 Å². The second-order valence-corrected chi connectivity index (χ2v) is 5.44. The van der Waals surface area contributed by atoms with E-state index < -0.39 is 0 Å². The van der Waals surface area contributed by atoms with Gasteiger partial charge in [0.05, 0.1) is 6.61 Å². The zero-order valence-corrected chi connectivity index (χ0v) is 12.3. The topological polar surface area (TPSA) is 21.3 Å². The monoisotopic (exact) mass is 261 g/mol. The van der Waals surface area contributed by atoms with Crippen molar-refractivity contribution in [3.8, 4) is 0 Å². The summed E-state index contributed by atoms with van der Waals surface area (Å²) in [4.78, 5) is 0. The van der Waals surface area contributed by atoms with Crippen molar-refractivity contribution in [3.63, 3.8) is 0 Å². The first kappa shape index (κ1) is 14.5. The second-order valence-electron chi connectivity index (χ2n) is 5.44. The van der Waals surface area contributed by atoms with Crippen molar-refractivity contribution >= 4 is 0 Å². The quantitative estimate of drug-likeness (QED) is 0.811. The minimum atomic E-state index is 0.487. The van der Waals surface area contributed by atoms with Gasteiger partial charge in [-0.2, -0.15) is 0 Å². The lowest BCUT2D eigenvalue weighted by Crippen LogP contribution is -2.35. The number of aryl methyl sites for hydroxylation is 1. The highest BCUT2D eigenvalue weighted by atomic mass is 16.5. The third-order valence-electron chi connectivity index (χ3n) is 4.08. The van der Waals surface area contributed by atoms with Gasteiger partial charge in [-0.1, -0.05) is 31.2 Å². The van der Waals surface area contributed by atoms with Gasteiger partial charge in [-0.15, -0.1) is 0 Å². The molecule has 0 bridgehead atoms. The molecule has 2 unspecified atom stereocenters. The molecule has 1 N–H and O–H groups in total. The molecule has 0 amide bonds. The van der Waals surface area contributed by atoms with Gasteiger partial charge in [0.2, 0.25) is 0 Å². The zero-order chi connectivity index (χ0) is 13.5. The maximum absolute atomic E-state index is 5.62. The van der Waals surface area contributed by atoms with Crippen molar-refractivity contribution in [3.05, 3.63) is 35.4 Å². The molecule has 0 saturated heterocycles. The summed E-state index contributed by atoms with van der Waals surface area (Å²) in [6, 6.07) is 9.46. The van der Waals surface area contributed by atoms with Crippen LogP contribution in [0.1, 0.15) is 50.2 Å².